The van der Waals surface area contributed by atoms with Crippen molar-refractivity contribution in [3.05, 3.63) is 58.1 Å². The van der Waals surface area contributed by atoms with Crippen molar-refractivity contribution in [2.45, 2.75) is 34.6 Å². The van der Waals surface area contributed by atoms with Gasteiger partial charge in [0, 0.05) is 0 Å². The van der Waals surface area contributed by atoms with Crippen LogP contribution in [0.3, 0.4) is 0 Å². The molecule has 0 spiro atoms. The molecule has 2 aromatic carbocycles. The molecule has 0 heteroatoms. The van der Waals surface area contributed by atoms with Crippen LogP contribution >= 0.6 is 0 Å². The van der Waals surface area contributed by atoms with Crippen molar-refractivity contribution < 1.29 is 0 Å². The summed E-state index contributed by atoms with van der Waals surface area (Å²) in [6.45, 7) is 10.9. The first kappa shape index (κ1) is 11.9. The monoisotopic (exact) mass is 224 g/mol. The van der Waals surface area contributed by atoms with Gasteiger partial charge in [0.1, 0.15) is 0 Å². The van der Waals surface area contributed by atoms with Crippen molar-refractivity contribution in [2.24, 2.45) is 0 Å². The molecule has 0 atom stereocenters. The lowest BCUT2D eigenvalue weighted by atomic mass is 9.91. The lowest BCUT2D eigenvalue weighted by molar-refractivity contribution is 1.29. The minimum Gasteiger partial charge on any atom is -0.0590 e. The fourth-order valence-corrected chi connectivity index (χ4v) is 2.35. The SMILES string of the molecule is Cc1ccc(C)c(-c2cc(C)cc(C)c2C)c1. The molecule has 2 rings (SSSR count). The maximum absolute atomic E-state index is 2.30. The maximum atomic E-state index is 2.30. The smallest absolute Gasteiger partial charge is 0.0147 e. The highest BCUT2D eigenvalue weighted by Gasteiger charge is 2.08. The average Bonchev–Trinajstić information content (AvgIpc) is 2.27. The molecule has 0 saturated carbocycles. The summed E-state index contributed by atoms with van der Waals surface area (Å²) in [5.74, 6) is 0. The summed E-state index contributed by atoms with van der Waals surface area (Å²) in [5, 5.41) is 0. The van der Waals surface area contributed by atoms with Gasteiger partial charge in [-0.3, -0.25) is 0 Å². The lowest BCUT2D eigenvalue weighted by Crippen LogP contribution is -1.92. The van der Waals surface area contributed by atoms with Crippen molar-refractivity contribution in [3.8, 4) is 11.1 Å². The molecule has 17 heavy (non-hydrogen) atoms. The molecule has 0 aliphatic heterocycles. The van der Waals surface area contributed by atoms with Gasteiger partial charge in [-0.25, -0.2) is 0 Å². The molecule has 0 amide bonds. The Morgan fingerprint density at radius 1 is 0.588 bits per heavy atom. The minimum atomic E-state index is 1.32. The topological polar surface area (TPSA) is 0 Å². The number of rotatable bonds is 1. The van der Waals surface area contributed by atoms with Crippen molar-refractivity contribution in [1.82, 2.24) is 0 Å². The third kappa shape index (κ3) is 2.26. The molecule has 2 aromatic rings. The molecule has 0 aromatic heterocycles. The fraction of sp³-hybridized carbons (Fsp3) is 0.294. The largest absolute Gasteiger partial charge is 0.0590 e. The van der Waals surface area contributed by atoms with E-state index in [1.165, 1.54) is 38.9 Å². The summed E-state index contributed by atoms with van der Waals surface area (Å²) in [7, 11) is 0. The van der Waals surface area contributed by atoms with Crippen LogP contribution in [0, 0.1) is 34.6 Å². The molecule has 0 heterocycles. The zero-order valence-corrected chi connectivity index (χ0v) is 11.4. The third-order valence-electron chi connectivity index (χ3n) is 3.49. The first-order valence-electron chi connectivity index (χ1n) is 6.14. The predicted molar refractivity (Wildman–Crippen MR) is 75.6 cm³/mol. The first-order chi connectivity index (χ1) is 7.99. The van der Waals surface area contributed by atoms with E-state index in [1.54, 1.807) is 0 Å². The van der Waals surface area contributed by atoms with Crippen molar-refractivity contribution in [2.75, 3.05) is 0 Å². The molecule has 0 aliphatic carbocycles. The Hall–Kier alpha value is -1.56. The molecular weight excluding hydrogens is 204 g/mol. The Bertz CT molecular complexity index is 562. The van der Waals surface area contributed by atoms with Gasteiger partial charge >= 0.3 is 0 Å². The first-order valence-corrected chi connectivity index (χ1v) is 6.14. The summed E-state index contributed by atoms with van der Waals surface area (Å²) in [6, 6.07) is 11.2. The number of hydrogen-bond acceptors (Lipinski definition) is 0. The van der Waals surface area contributed by atoms with E-state index in [0.29, 0.717) is 0 Å². The predicted octanol–water partition coefficient (Wildman–Crippen LogP) is 4.90. The average molecular weight is 224 g/mol. The Balaban J connectivity index is 2.72. The highest BCUT2D eigenvalue weighted by Crippen LogP contribution is 2.30. The van der Waals surface area contributed by atoms with Crippen molar-refractivity contribution in [3.63, 3.8) is 0 Å². The van der Waals surface area contributed by atoms with Crippen LogP contribution in [0.1, 0.15) is 27.8 Å². The van der Waals surface area contributed by atoms with Crippen LogP contribution in [0.15, 0.2) is 30.3 Å². The van der Waals surface area contributed by atoms with E-state index < -0.39 is 0 Å². The summed E-state index contributed by atoms with van der Waals surface area (Å²) in [5.41, 5.74) is 9.53. The Labute approximate surface area is 104 Å². The van der Waals surface area contributed by atoms with Gasteiger partial charge < -0.3 is 0 Å². The number of benzene rings is 2. The quantitative estimate of drug-likeness (QED) is 0.646. The normalized spacial score (nSPS) is 10.6. The van der Waals surface area contributed by atoms with Crippen LogP contribution in [-0.4, -0.2) is 0 Å². The molecule has 0 radical (unpaired) electrons. The molecule has 0 saturated heterocycles. The van der Waals surface area contributed by atoms with E-state index in [1.807, 2.05) is 0 Å². The van der Waals surface area contributed by atoms with Crippen LogP contribution in [0.25, 0.3) is 11.1 Å². The van der Waals surface area contributed by atoms with Gasteiger partial charge in [0.05, 0.1) is 0 Å². The van der Waals surface area contributed by atoms with Crippen LogP contribution in [-0.2, 0) is 0 Å². The van der Waals surface area contributed by atoms with E-state index in [2.05, 4.69) is 65.0 Å². The fourth-order valence-electron chi connectivity index (χ4n) is 2.35. The zero-order valence-electron chi connectivity index (χ0n) is 11.4. The Kier molecular flexibility index (Phi) is 3.06. The maximum Gasteiger partial charge on any atom is -0.0147 e. The molecule has 0 fully saturated rings. The molecule has 0 bridgehead atoms. The number of hydrogen-bond donors (Lipinski definition) is 0. The van der Waals surface area contributed by atoms with Crippen LogP contribution in [0.4, 0.5) is 0 Å². The highest BCUT2D eigenvalue weighted by molar-refractivity contribution is 5.72. The number of aryl methyl sites for hydroxylation is 4. The molecular formula is C17H20. The Morgan fingerprint density at radius 3 is 1.94 bits per heavy atom. The summed E-state index contributed by atoms with van der Waals surface area (Å²) < 4.78 is 0. The van der Waals surface area contributed by atoms with Crippen molar-refractivity contribution in [1.29, 1.82) is 0 Å². The lowest BCUT2D eigenvalue weighted by Gasteiger charge is -2.13. The van der Waals surface area contributed by atoms with Gasteiger partial charge in [-0.1, -0.05) is 41.5 Å². The van der Waals surface area contributed by atoms with Crippen LogP contribution < -0.4 is 0 Å². The van der Waals surface area contributed by atoms with E-state index in [9.17, 15) is 0 Å². The second kappa shape index (κ2) is 4.37. The second-order valence-corrected chi connectivity index (χ2v) is 5.07. The third-order valence-corrected chi connectivity index (χ3v) is 3.49. The molecule has 0 aliphatic rings. The highest BCUT2D eigenvalue weighted by atomic mass is 14.1. The molecule has 0 unspecified atom stereocenters. The Morgan fingerprint density at radius 2 is 1.24 bits per heavy atom. The zero-order chi connectivity index (χ0) is 12.6. The van der Waals surface area contributed by atoms with E-state index in [0.717, 1.165) is 0 Å². The van der Waals surface area contributed by atoms with Gasteiger partial charge in [0.25, 0.3) is 0 Å². The second-order valence-electron chi connectivity index (χ2n) is 5.07. The summed E-state index contributed by atoms with van der Waals surface area (Å²) >= 11 is 0. The van der Waals surface area contributed by atoms with Crippen LogP contribution in [0.5, 0.6) is 0 Å². The standard InChI is InChI=1S/C17H20/c1-11-6-7-13(3)16(9-11)17-10-12(2)8-14(4)15(17)5/h6-10H,1-5H3. The minimum absolute atomic E-state index is 1.32. The molecule has 0 N–H and O–H groups in total. The van der Waals surface area contributed by atoms with E-state index in [-0.39, 0.29) is 0 Å². The summed E-state index contributed by atoms with van der Waals surface area (Å²) in [6.07, 6.45) is 0. The van der Waals surface area contributed by atoms with Crippen LogP contribution in [0.2, 0.25) is 0 Å². The molecule has 0 nitrogen and oxygen atoms in total. The van der Waals surface area contributed by atoms with E-state index in [4.69, 9.17) is 0 Å². The van der Waals surface area contributed by atoms with Crippen molar-refractivity contribution >= 4 is 0 Å². The van der Waals surface area contributed by atoms with Gasteiger partial charge in [0.2, 0.25) is 0 Å². The van der Waals surface area contributed by atoms with E-state index >= 15 is 0 Å². The van der Waals surface area contributed by atoms with Gasteiger partial charge in [-0.05, 0) is 62.4 Å². The van der Waals surface area contributed by atoms with Gasteiger partial charge in [-0.15, -0.1) is 0 Å². The summed E-state index contributed by atoms with van der Waals surface area (Å²) in [4.78, 5) is 0. The van der Waals surface area contributed by atoms with Gasteiger partial charge in [-0.2, -0.15) is 0 Å². The molecule has 88 valence electrons. The van der Waals surface area contributed by atoms with Gasteiger partial charge in [0.15, 0.2) is 0 Å².